The summed E-state index contributed by atoms with van der Waals surface area (Å²) in [4.78, 5) is 3.89. The summed E-state index contributed by atoms with van der Waals surface area (Å²) < 4.78 is 7.12. The minimum absolute atomic E-state index is 0.392. The Bertz CT molecular complexity index is 229. The molecule has 4 nitrogen and oxygen atoms in total. The average Bonchev–Trinajstić information content (AvgIpc) is 2.65. The van der Waals surface area contributed by atoms with Gasteiger partial charge >= 0.3 is 0 Å². The first-order valence-electron chi connectivity index (χ1n) is 4.74. The summed E-state index contributed by atoms with van der Waals surface area (Å²) in [6, 6.07) is 1.04. The van der Waals surface area contributed by atoms with Crippen LogP contribution < -0.4 is 0 Å². The highest BCUT2D eigenvalue weighted by atomic mass is 28.1. The molecule has 0 bridgehead atoms. The van der Waals surface area contributed by atoms with Crippen LogP contribution in [0.25, 0.3) is 0 Å². The topological polar surface area (TPSA) is 47.3 Å². The van der Waals surface area contributed by atoms with Crippen molar-refractivity contribution >= 4 is 10.2 Å². The molecule has 0 aliphatic rings. The maximum atomic E-state index is 9.54. The number of aliphatic hydroxyl groups is 1. The lowest BCUT2D eigenvalue weighted by Gasteiger charge is -2.11. The van der Waals surface area contributed by atoms with Gasteiger partial charge in [-0.05, 0) is 6.42 Å². The Morgan fingerprint density at radius 2 is 2.43 bits per heavy atom. The molecule has 1 rings (SSSR count). The van der Waals surface area contributed by atoms with Crippen molar-refractivity contribution in [3.63, 3.8) is 0 Å². The highest BCUT2D eigenvalue weighted by molar-refractivity contribution is 6.08. The summed E-state index contributed by atoms with van der Waals surface area (Å²) in [5.74, 6) is 0. The van der Waals surface area contributed by atoms with Gasteiger partial charge in [-0.25, -0.2) is 4.98 Å². The van der Waals surface area contributed by atoms with Crippen molar-refractivity contribution in [3.8, 4) is 0 Å². The van der Waals surface area contributed by atoms with E-state index in [9.17, 15) is 5.11 Å². The van der Waals surface area contributed by atoms with Crippen LogP contribution in [0.4, 0.5) is 0 Å². The minimum Gasteiger partial charge on any atom is -0.389 e. The maximum absolute atomic E-state index is 9.54. The van der Waals surface area contributed by atoms with Gasteiger partial charge in [-0.1, -0.05) is 6.04 Å². The molecule has 5 heteroatoms. The van der Waals surface area contributed by atoms with E-state index in [4.69, 9.17) is 4.74 Å². The first-order valence-corrected chi connectivity index (χ1v) is 5.56. The Hall–Kier alpha value is -0.653. The predicted octanol–water partition coefficient (Wildman–Crippen LogP) is -0.0302. The Kier molecular flexibility index (Phi) is 5.51. The third-order valence-electron chi connectivity index (χ3n) is 1.78. The zero-order valence-corrected chi connectivity index (χ0v) is 9.33. The van der Waals surface area contributed by atoms with Crippen molar-refractivity contribution in [1.29, 1.82) is 0 Å². The van der Waals surface area contributed by atoms with E-state index in [-0.39, 0.29) is 0 Å². The molecule has 1 unspecified atom stereocenters. The lowest BCUT2D eigenvalue weighted by Crippen LogP contribution is -2.21. The molecule has 0 saturated carbocycles. The Labute approximate surface area is 87.3 Å². The van der Waals surface area contributed by atoms with Crippen molar-refractivity contribution in [2.24, 2.45) is 0 Å². The van der Waals surface area contributed by atoms with E-state index in [0.29, 0.717) is 19.8 Å². The maximum Gasteiger partial charge on any atom is 0.0952 e. The van der Waals surface area contributed by atoms with Crippen molar-refractivity contribution in [1.82, 2.24) is 9.55 Å². The highest BCUT2D eigenvalue weighted by Gasteiger charge is 2.04. The summed E-state index contributed by atoms with van der Waals surface area (Å²) in [6.07, 6.45) is 5.77. The molecule has 14 heavy (non-hydrogen) atoms. The number of nitrogens with zero attached hydrogens (tertiary/aromatic N) is 2. The molecule has 1 aromatic rings. The average molecular weight is 212 g/mol. The van der Waals surface area contributed by atoms with E-state index in [0.717, 1.165) is 12.5 Å². The van der Waals surface area contributed by atoms with Crippen molar-refractivity contribution in [2.45, 2.75) is 25.1 Å². The smallest absolute Gasteiger partial charge is 0.0952 e. The Morgan fingerprint density at radius 3 is 3.07 bits per heavy atom. The molecule has 0 fully saturated rings. The van der Waals surface area contributed by atoms with E-state index in [1.54, 1.807) is 12.5 Å². The van der Waals surface area contributed by atoms with Crippen LogP contribution in [-0.2, 0) is 11.3 Å². The highest BCUT2D eigenvalue weighted by Crippen LogP contribution is 1.94. The SMILES string of the molecule is OC(COCCC[SiH])Cn1ccnc1. The molecule has 1 atom stereocenters. The second-order valence-electron chi connectivity index (χ2n) is 3.13. The van der Waals surface area contributed by atoms with E-state index in [2.05, 4.69) is 15.2 Å². The summed E-state index contributed by atoms with van der Waals surface area (Å²) >= 11 is 0. The third kappa shape index (κ3) is 4.55. The van der Waals surface area contributed by atoms with Crippen molar-refractivity contribution < 1.29 is 9.84 Å². The fourth-order valence-electron chi connectivity index (χ4n) is 1.10. The van der Waals surface area contributed by atoms with Crippen LogP contribution in [0.15, 0.2) is 18.7 Å². The van der Waals surface area contributed by atoms with Crippen LogP contribution in [0.1, 0.15) is 6.42 Å². The minimum atomic E-state index is -0.450. The summed E-state index contributed by atoms with van der Waals surface area (Å²) in [5.41, 5.74) is 0. The molecule has 0 aliphatic carbocycles. The zero-order chi connectivity index (χ0) is 10.2. The normalized spacial score (nSPS) is 13.0. The molecule has 0 aliphatic heterocycles. The van der Waals surface area contributed by atoms with Gasteiger partial charge in [-0.15, -0.1) is 0 Å². The fourth-order valence-corrected chi connectivity index (χ4v) is 1.26. The summed E-state index contributed by atoms with van der Waals surface area (Å²) in [7, 11) is 2.65. The van der Waals surface area contributed by atoms with Gasteiger partial charge in [0.05, 0.1) is 25.6 Å². The van der Waals surface area contributed by atoms with Gasteiger partial charge in [-0.3, -0.25) is 0 Å². The Morgan fingerprint density at radius 1 is 1.57 bits per heavy atom. The first kappa shape index (κ1) is 11.4. The second kappa shape index (κ2) is 6.75. The van der Waals surface area contributed by atoms with Gasteiger partial charge in [0.15, 0.2) is 0 Å². The third-order valence-corrected chi connectivity index (χ3v) is 2.19. The largest absolute Gasteiger partial charge is 0.389 e. The second-order valence-corrected chi connectivity index (χ2v) is 3.71. The monoisotopic (exact) mass is 212 g/mol. The quantitative estimate of drug-likeness (QED) is 0.510. The summed E-state index contributed by atoms with van der Waals surface area (Å²) in [6.45, 7) is 1.65. The number of aliphatic hydroxyl groups excluding tert-OH is 1. The van der Waals surface area contributed by atoms with Gasteiger partial charge in [0, 0.05) is 29.2 Å². The molecule has 1 N–H and O–H groups in total. The summed E-state index contributed by atoms with van der Waals surface area (Å²) in [5, 5.41) is 9.54. The van der Waals surface area contributed by atoms with Crippen LogP contribution in [0.5, 0.6) is 0 Å². The van der Waals surface area contributed by atoms with Crippen LogP contribution >= 0.6 is 0 Å². The molecule has 2 radical (unpaired) electrons. The standard InChI is InChI=1S/C9H16N2O2Si/c12-9(7-13-4-1-5-14)6-11-3-2-10-8-11/h2-3,8-9,12,14H,1,4-7H2. The molecule has 1 heterocycles. The number of aromatic nitrogens is 2. The number of hydrogen-bond acceptors (Lipinski definition) is 3. The number of imidazole rings is 1. The number of ether oxygens (including phenoxy) is 1. The molecule has 78 valence electrons. The van der Waals surface area contributed by atoms with Crippen molar-refractivity contribution in [2.75, 3.05) is 13.2 Å². The molecular weight excluding hydrogens is 196 g/mol. The van der Waals surface area contributed by atoms with E-state index >= 15 is 0 Å². The lowest BCUT2D eigenvalue weighted by molar-refractivity contribution is 0.0284. The van der Waals surface area contributed by atoms with Gasteiger partial charge < -0.3 is 14.4 Å². The van der Waals surface area contributed by atoms with E-state index in [1.165, 1.54) is 0 Å². The van der Waals surface area contributed by atoms with Crippen LogP contribution in [-0.4, -0.2) is 44.2 Å². The molecule has 0 aromatic carbocycles. The number of rotatable bonds is 7. The lowest BCUT2D eigenvalue weighted by atomic mass is 10.4. The van der Waals surface area contributed by atoms with Crippen molar-refractivity contribution in [3.05, 3.63) is 18.7 Å². The van der Waals surface area contributed by atoms with Gasteiger partial charge in [0.2, 0.25) is 0 Å². The van der Waals surface area contributed by atoms with E-state index < -0.39 is 6.10 Å². The molecule has 0 amide bonds. The fraction of sp³-hybridized carbons (Fsp3) is 0.667. The number of hydrogen-bond donors (Lipinski definition) is 1. The molecule has 0 saturated heterocycles. The Balaban J connectivity index is 2.07. The zero-order valence-electron chi connectivity index (χ0n) is 8.17. The molecule has 0 spiro atoms. The van der Waals surface area contributed by atoms with Gasteiger partial charge in [-0.2, -0.15) is 0 Å². The predicted molar refractivity (Wildman–Crippen MR) is 55.6 cm³/mol. The van der Waals surface area contributed by atoms with Gasteiger partial charge in [0.1, 0.15) is 0 Å². The first-order chi connectivity index (χ1) is 6.83. The van der Waals surface area contributed by atoms with Gasteiger partial charge in [0.25, 0.3) is 0 Å². The van der Waals surface area contributed by atoms with Crippen LogP contribution in [0.3, 0.4) is 0 Å². The molecular formula is C9H16N2O2Si. The molecule has 1 aromatic heterocycles. The van der Waals surface area contributed by atoms with E-state index in [1.807, 2.05) is 10.8 Å². The van der Waals surface area contributed by atoms with Crippen LogP contribution in [0, 0.1) is 0 Å². The van der Waals surface area contributed by atoms with Crippen LogP contribution in [0.2, 0.25) is 6.04 Å².